The molecule has 0 saturated carbocycles. The van der Waals surface area contributed by atoms with E-state index in [1.54, 1.807) is 20.6 Å². The predicted molar refractivity (Wildman–Crippen MR) is 61.2 cm³/mol. The van der Waals surface area contributed by atoms with Crippen LogP contribution in [0.1, 0.15) is 5.56 Å². The Morgan fingerprint density at radius 2 is 1.82 bits per heavy atom. The molecular weight excluding hydrogens is 212 g/mol. The highest BCUT2D eigenvalue weighted by Gasteiger charge is 1.92. The lowest BCUT2D eigenvalue weighted by molar-refractivity contribution is 1.38. The van der Waals surface area contributed by atoms with Gasteiger partial charge in [0.05, 0.1) is 0 Å². The van der Waals surface area contributed by atoms with E-state index in [1.165, 1.54) is 20.3 Å². The summed E-state index contributed by atoms with van der Waals surface area (Å²) in [4.78, 5) is 1.28. The zero-order valence-corrected chi connectivity index (χ0v) is 9.33. The van der Waals surface area contributed by atoms with Crippen molar-refractivity contribution in [3.8, 4) is 0 Å². The van der Waals surface area contributed by atoms with Crippen molar-refractivity contribution in [2.24, 2.45) is 0 Å². The molecule has 0 amide bonds. The first-order valence-electron chi connectivity index (χ1n) is 3.04. The van der Waals surface area contributed by atoms with Crippen molar-refractivity contribution in [3.05, 3.63) is 29.8 Å². The third-order valence-corrected chi connectivity index (χ3v) is 5.54. The fourth-order valence-electron chi connectivity index (χ4n) is 0.648. The number of hydrogen-bond donors (Lipinski definition) is 1. The van der Waals surface area contributed by atoms with Crippen LogP contribution in [0.25, 0.3) is 0 Å². The molecule has 0 saturated heterocycles. The van der Waals surface area contributed by atoms with Gasteiger partial charge in [0.1, 0.15) is 0 Å². The highest BCUT2D eigenvalue weighted by Crippen LogP contribution is 2.41. The normalized spacial score (nSPS) is 10.0. The summed E-state index contributed by atoms with van der Waals surface area (Å²) >= 11 is 4.03. The van der Waals surface area contributed by atoms with Crippen LogP contribution in [-0.2, 0) is 0 Å². The molecule has 0 fully saturated rings. The maximum absolute atomic E-state index is 4.03. The van der Waals surface area contributed by atoms with Crippen LogP contribution < -0.4 is 0 Å². The van der Waals surface area contributed by atoms with Crippen LogP contribution in [-0.4, -0.2) is 0 Å². The van der Waals surface area contributed by atoms with E-state index in [2.05, 4.69) is 42.9 Å². The lowest BCUT2D eigenvalue weighted by atomic mass is 10.2. The Morgan fingerprint density at radius 1 is 1.18 bits per heavy atom. The first kappa shape index (κ1) is 9.71. The van der Waals surface area contributed by atoms with Crippen LogP contribution in [0.3, 0.4) is 0 Å². The van der Waals surface area contributed by atoms with Crippen LogP contribution >= 0.6 is 42.1 Å². The van der Waals surface area contributed by atoms with Gasteiger partial charge >= 0.3 is 0 Å². The van der Waals surface area contributed by atoms with E-state index < -0.39 is 0 Å². The first-order chi connectivity index (χ1) is 5.33. The molecule has 0 spiro atoms. The second kappa shape index (κ2) is 5.30. The number of rotatable bonds is 3. The lowest BCUT2D eigenvalue weighted by Gasteiger charge is -1.97. The second-order valence-electron chi connectivity index (χ2n) is 2.04. The molecule has 11 heavy (non-hydrogen) atoms. The molecule has 0 N–H and O–H groups in total. The molecule has 0 aliphatic carbocycles. The molecule has 1 aromatic rings. The summed E-state index contributed by atoms with van der Waals surface area (Å²) in [5, 5.41) is 0. The summed E-state index contributed by atoms with van der Waals surface area (Å²) in [6.45, 7) is 2.09. The minimum Gasteiger partial charge on any atom is -0.0989 e. The lowest BCUT2D eigenvalue weighted by Crippen LogP contribution is -1.69. The standard InChI is InChI=1S/C7H8S4/c1-6-2-4-7(5-3-6)9-11-10-8/h2-5,8H,1H3. The molecule has 1 aromatic carbocycles. The van der Waals surface area contributed by atoms with E-state index in [1.807, 2.05) is 0 Å². The van der Waals surface area contributed by atoms with Crippen molar-refractivity contribution in [2.45, 2.75) is 11.8 Å². The van der Waals surface area contributed by atoms with Crippen LogP contribution in [0, 0.1) is 6.92 Å². The van der Waals surface area contributed by atoms with Crippen molar-refractivity contribution in [1.82, 2.24) is 0 Å². The van der Waals surface area contributed by atoms with E-state index in [0.717, 1.165) is 0 Å². The first-order valence-corrected chi connectivity index (χ1v) is 7.58. The van der Waals surface area contributed by atoms with Gasteiger partial charge in [-0.25, -0.2) is 0 Å². The third kappa shape index (κ3) is 3.69. The predicted octanol–water partition coefficient (Wildman–Crippen LogP) is 4.23. The van der Waals surface area contributed by atoms with Crippen molar-refractivity contribution in [2.75, 3.05) is 0 Å². The van der Waals surface area contributed by atoms with E-state index >= 15 is 0 Å². The van der Waals surface area contributed by atoms with Gasteiger partial charge in [0.15, 0.2) is 0 Å². The highest BCUT2D eigenvalue weighted by atomic mass is 33.7. The van der Waals surface area contributed by atoms with Gasteiger partial charge in [-0.3, -0.25) is 0 Å². The van der Waals surface area contributed by atoms with Crippen LogP contribution in [0.2, 0.25) is 0 Å². The molecule has 0 aromatic heterocycles. The minimum absolute atomic E-state index is 1.28. The Balaban J connectivity index is 2.52. The van der Waals surface area contributed by atoms with Crippen molar-refractivity contribution >= 4 is 42.1 Å². The number of aryl methyl sites for hydroxylation is 1. The average Bonchev–Trinajstić information content (AvgIpc) is 2.04. The Kier molecular flexibility index (Phi) is 4.67. The molecule has 0 nitrogen and oxygen atoms in total. The average molecular weight is 220 g/mol. The maximum Gasteiger partial charge on any atom is 0.0191 e. The second-order valence-corrected chi connectivity index (χ2v) is 6.88. The molecule has 0 radical (unpaired) electrons. The largest absolute Gasteiger partial charge is 0.0989 e. The van der Waals surface area contributed by atoms with Gasteiger partial charge in [0, 0.05) is 4.90 Å². The van der Waals surface area contributed by atoms with Crippen molar-refractivity contribution in [1.29, 1.82) is 0 Å². The van der Waals surface area contributed by atoms with E-state index in [4.69, 9.17) is 0 Å². The van der Waals surface area contributed by atoms with Gasteiger partial charge in [-0.1, -0.05) is 29.4 Å². The fourth-order valence-corrected chi connectivity index (χ4v) is 3.47. The van der Waals surface area contributed by atoms with E-state index in [9.17, 15) is 0 Å². The van der Waals surface area contributed by atoms with E-state index in [-0.39, 0.29) is 0 Å². The van der Waals surface area contributed by atoms with Crippen LogP contribution in [0.5, 0.6) is 0 Å². The molecule has 0 heterocycles. The molecule has 1 rings (SSSR count). The minimum atomic E-state index is 1.28. The zero-order chi connectivity index (χ0) is 8.10. The number of hydrogen-bond acceptors (Lipinski definition) is 4. The van der Waals surface area contributed by atoms with Gasteiger partial charge < -0.3 is 0 Å². The molecule has 60 valence electrons. The molecular formula is C7H8S4. The Hall–Kier alpha value is 0.620. The summed E-state index contributed by atoms with van der Waals surface area (Å²) in [6.07, 6.45) is 0. The summed E-state index contributed by atoms with van der Waals surface area (Å²) in [6, 6.07) is 8.48. The maximum atomic E-state index is 4.03. The molecule has 0 atom stereocenters. The molecule has 0 aliphatic heterocycles. The quantitative estimate of drug-likeness (QED) is 0.598. The van der Waals surface area contributed by atoms with Crippen molar-refractivity contribution < 1.29 is 0 Å². The monoisotopic (exact) mass is 220 g/mol. The van der Waals surface area contributed by atoms with Gasteiger partial charge in [-0.15, -0.1) is 0 Å². The number of thiol groups is 1. The fraction of sp³-hybridized carbons (Fsp3) is 0.143. The van der Waals surface area contributed by atoms with Crippen molar-refractivity contribution in [3.63, 3.8) is 0 Å². The molecule has 0 bridgehead atoms. The van der Waals surface area contributed by atoms with E-state index in [0.29, 0.717) is 0 Å². The van der Waals surface area contributed by atoms with Gasteiger partial charge in [-0.2, -0.15) is 0 Å². The summed E-state index contributed by atoms with van der Waals surface area (Å²) in [5.41, 5.74) is 1.30. The Morgan fingerprint density at radius 3 is 2.36 bits per heavy atom. The van der Waals surface area contributed by atoms with Crippen LogP contribution in [0.4, 0.5) is 0 Å². The van der Waals surface area contributed by atoms with Gasteiger partial charge in [0.25, 0.3) is 0 Å². The third-order valence-electron chi connectivity index (χ3n) is 1.18. The summed E-state index contributed by atoms with van der Waals surface area (Å²) in [5.74, 6) is 0. The highest BCUT2D eigenvalue weighted by molar-refractivity contribution is 9.23. The van der Waals surface area contributed by atoms with Gasteiger partial charge in [-0.05, 0) is 49.5 Å². The SMILES string of the molecule is Cc1ccc(SSSS)cc1. The zero-order valence-electron chi connectivity index (χ0n) is 5.98. The smallest absolute Gasteiger partial charge is 0.0191 e. The molecule has 4 heteroatoms. The summed E-state index contributed by atoms with van der Waals surface area (Å²) < 4.78 is 0. The molecule has 0 aliphatic rings. The number of benzene rings is 1. The molecule has 0 unspecified atom stereocenters. The van der Waals surface area contributed by atoms with Crippen LogP contribution in [0.15, 0.2) is 29.2 Å². The Bertz CT molecular complexity index is 206. The van der Waals surface area contributed by atoms with Gasteiger partial charge in [0.2, 0.25) is 0 Å². The Labute approximate surface area is 83.5 Å². The summed E-state index contributed by atoms with van der Waals surface area (Å²) in [7, 11) is 4.87. The topological polar surface area (TPSA) is 0 Å².